The quantitative estimate of drug-likeness (QED) is 0.562. The average Bonchev–Trinajstić information content (AvgIpc) is 2.37. The minimum absolute atomic E-state index is 0.0431. The van der Waals surface area contributed by atoms with Gasteiger partial charge in [-0.1, -0.05) is 0 Å². The zero-order valence-electron chi connectivity index (χ0n) is 12.1. The third kappa shape index (κ3) is 6.36. The van der Waals surface area contributed by atoms with Crippen LogP contribution in [0.3, 0.4) is 0 Å². The predicted octanol–water partition coefficient (Wildman–Crippen LogP) is 2.71. The van der Waals surface area contributed by atoms with Gasteiger partial charge >= 0.3 is 0 Å². The summed E-state index contributed by atoms with van der Waals surface area (Å²) in [5, 5.41) is 0. The smallest absolute Gasteiger partial charge is 0.188 e. The highest BCUT2D eigenvalue weighted by atomic mass is 16.5. The van der Waals surface area contributed by atoms with Gasteiger partial charge in [0.1, 0.15) is 12.4 Å². The summed E-state index contributed by atoms with van der Waals surface area (Å²) in [6, 6.07) is 6.98. The molecule has 0 heterocycles. The van der Waals surface area contributed by atoms with Crippen LogP contribution in [-0.4, -0.2) is 38.3 Å². The Hall–Kier alpha value is -1.39. The van der Waals surface area contributed by atoms with E-state index in [-0.39, 0.29) is 18.0 Å². The van der Waals surface area contributed by atoms with Crippen LogP contribution < -0.4 is 4.74 Å². The first kappa shape index (κ1) is 15.7. The van der Waals surface area contributed by atoms with Crippen LogP contribution in [0.5, 0.6) is 5.75 Å². The molecule has 1 aromatic carbocycles. The van der Waals surface area contributed by atoms with Crippen LogP contribution in [0.1, 0.15) is 31.1 Å². The van der Waals surface area contributed by atoms with Crippen molar-refractivity contribution in [2.24, 2.45) is 0 Å². The molecule has 0 spiro atoms. The molecule has 0 aliphatic rings. The van der Waals surface area contributed by atoms with Crippen LogP contribution in [0.25, 0.3) is 0 Å². The number of Topliss-reactive ketones (excluding diaryl/α,β-unsaturated/α-hetero) is 1. The normalized spacial score (nSPS) is 11.4. The molecule has 0 fully saturated rings. The van der Waals surface area contributed by atoms with Gasteiger partial charge in [0.2, 0.25) is 0 Å². The van der Waals surface area contributed by atoms with Crippen LogP contribution >= 0.6 is 0 Å². The fraction of sp³-hybridized carbons (Fsp3) is 0.533. The van der Waals surface area contributed by atoms with Gasteiger partial charge in [0.25, 0.3) is 0 Å². The highest BCUT2D eigenvalue weighted by molar-refractivity contribution is 5.97. The van der Waals surface area contributed by atoms with E-state index < -0.39 is 0 Å². The van der Waals surface area contributed by atoms with Gasteiger partial charge in [-0.2, -0.15) is 0 Å². The molecule has 0 atom stereocenters. The van der Waals surface area contributed by atoms with Crippen molar-refractivity contribution in [3.05, 3.63) is 29.8 Å². The number of hydrogen-bond acceptors (Lipinski definition) is 4. The number of carbonyl (C=O) groups excluding carboxylic acids is 1. The molecule has 0 saturated heterocycles. The Bertz CT molecular complexity index is 390. The summed E-state index contributed by atoms with van der Waals surface area (Å²) in [7, 11) is 1.59. The number of ketones is 1. The average molecular weight is 266 g/mol. The number of hydrogen-bond donors (Lipinski definition) is 0. The lowest BCUT2D eigenvalue weighted by molar-refractivity contribution is -0.0324. The molecule has 1 aromatic rings. The molecule has 0 unspecified atom stereocenters. The summed E-state index contributed by atoms with van der Waals surface area (Å²) in [5.41, 5.74) is 0.445. The first-order valence-electron chi connectivity index (χ1n) is 6.31. The number of carbonyl (C=O) groups is 1. The summed E-state index contributed by atoms with van der Waals surface area (Å²) >= 11 is 0. The van der Waals surface area contributed by atoms with Gasteiger partial charge in [0.15, 0.2) is 5.78 Å². The van der Waals surface area contributed by atoms with Crippen molar-refractivity contribution in [3.8, 4) is 5.75 Å². The number of ether oxygens (including phenoxy) is 3. The van der Waals surface area contributed by atoms with E-state index in [0.29, 0.717) is 18.8 Å². The van der Waals surface area contributed by atoms with Crippen LogP contribution in [0.15, 0.2) is 24.3 Å². The molecular weight excluding hydrogens is 244 g/mol. The van der Waals surface area contributed by atoms with Crippen molar-refractivity contribution in [1.82, 2.24) is 0 Å². The Labute approximate surface area is 114 Å². The summed E-state index contributed by atoms with van der Waals surface area (Å²) in [5.74, 6) is 0.689. The molecular formula is C15H22O4. The predicted molar refractivity (Wildman–Crippen MR) is 73.8 cm³/mol. The van der Waals surface area contributed by atoms with Crippen molar-refractivity contribution in [1.29, 1.82) is 0 Å². The Kier molecular flexibility index (Phi) is 5.99. The van der Waals surface area contributed by atoms with E-state index in [1.54, 1.807) is 31.4 Å². The van der Waals surface area contributed by atoms with Crippen molar-refractivity contribution in [3.63, 3.8) is 0 Å². The first-order valence-corrected chi connectivity index (χ1v) is 6.31. The Balaban J connectivity index is 2.27. The number of benzene rings is 1. The van der Waals surface area contributed by atoms with E-state index in [2.05, 4.69) is 0 Å². The van der Waals surface area contributed by atoms with Crippen LogP contribution in [0.2, 0.25) is 0 Å². The second kappa shape index (κ2) is 7.26. The van der Waals surface area contributed by atoms with E-state index in [1.807, 2.05) is 20.8 Å². The molecule has 0 aromatic heterocycles. The molecule has 19 heavy (non-hydrogen) atoms. The van der Waals surface area contributed by atoms with Gasteiger partial charge in [-0.25, -0.2) is 0 Å². The number of rotatable bonds is 7. The van der Waals surface area contributed by atoms with Crippen molar-refractivity contribution in [2.45, 2.75) is 26.4 Å². The van der Waals surface area contributed by atoms with Crippen molar-refractivity contribution in [2.75, 3.05) is 26.9 Å². The third-order valence-corrected chi connectivity index (χ3v) is 2.41. The molecule has 1 rings (SSSR count). The highest BCUT2D eigenvalue weighted by Gasteiger charge is 2.10. The van der Waals surface area contributed by atoms with E-state index >= 15 is 0 Å². The van der Waals surface area contributed by atoms with Crippen molar-refractivity contribution >= 4 is 5.78 Å². The molecule has 106 valence electrons. The molecule has 0 radical (unpaired) electrons. The molecule has 0 bridgehead atoms. The zero-order valence-corrected chi connectivity index (χ0v) is 12.1. The fourth-order valence-corrected chi connectivity index (χ4v) is 1.43. The van der Waals surface area contributed by atoms with Crippen molar-refractivity contribution < 1.29 is 19.0 Å². The first-order chi connectivity index (χ1) is 8.92. The second-order valence-corrected chi connectivity index (χ2v) is 5.17. The maximum atomic E-state index is 11.8. The Morgan fingerprint density at radius 1 is 1.11 bits per heavy atom. The molecule has 0 amide bonds. The maximum absolute atomic E-state index is 11.8. The van der Waals surface area contributed by atoms with Gasteiger partial charge in [-0.05, 0) is 45.0 Å². The lowest BCUT2D eigenvalue weighted by Gasteiger charge is -2.19. The van der Waals surface area contributed by atoms with Gasteiger partial charge in [-0.3, -0.25) is 4.79 Å². The second-order valence-electron chi connectivity index (χ2n) is 5.17. The summed E-state index contributed by atoms with van der Waals surface area (Å²) in [6.07, 6.45) is 0. The van der Waals surface area contributed by atoms with E-state index in [4.69, 9.17) is 14.2 Å². The van der Waals surface area contributed by atoms with Crippen LogP contribution in [0.4, 0.5) is 0 Å². The van der Waals surface area contributed by atoms with Gasteiger partial charge in [0.05, 0.1) is 25.9 Å². The van der Waals surface area contributed by atoms with Gasteiger partial charge < -0.3 is 14.2 Å². The van der Waals surface area contributed by atoms with E-state index in [0.717, 1.165) is 5.75 Å². The summed E-state index contributed by atoms with van der Waals surface area (Å²) in [4.78, 5) is 11.8. The van der Waals surface area contributed by atoms with Gasteiger partial charge in [0, 0.05) is 5.56 Å². The lowest BCUT2D eigenvalue weighted by atomic mass is 10.1. The molecule has 0 aliphatic carbocycles. The largest absolute Gasteiger partial charge is 0.497 e. The summed E-state index contributed by atoms with van der Waals surface area (Å²) in [6.45, 7) is 6.92. The lowest BCUT2D eigenvalue weighted by Crippen LogP contribution is -2.22. The molecule has 0 saturated carbocycles. The zero-order chi connectivity index (χ0) is 14.3. The molecule has 0 N–H and O–H groups in total. The summed E-state index contributed by atoms with van der Waals surface area (Å²) < 4.78 is 15.8. The Morgan fingerprint density at radius 2 is 1.74 bits per heavy atom. The number of methoxy groups -OCH3 is 1. The molecule has 4 nitrogen and oxygen atoms in total. The van der Waals surface area contributed by atoms with E-state index in [1.165, 1.54) is 0 Å². The molecule has 0 aliphatic heterocycles. The van der Waals surface area contributed by atoms with Crippen LogP contribution in [0, 0.1) is 0 Å². The third-order valence-electron chi connectivity index (χ3n) is 2.41. The Morgan fingerprint density at radius 3 is 2.26 bits per heavy atom. The monoisotopic (exact) mass is 266 g/mol. The minimum Gasteiger partial charge on any atom is -0.497 e. The topological polar surface area (TPSA) is 44.8 Å². The fourth-order valence-electron chi connectivity index (χ4n) is 1.43. The minimum atomic E-state index is -0.177. The van der Waals surface area contributed by atoms with Gasteiger partial charge in [-0.15, -0.1) is 0 Å². The SMILES string of the molecule is COc1ccc(C(=O)COCCOC(C)(C)C)cc1. The maximum Gasteiger partial charge on any atom is 0.188 e. The highest BCUT2D eigenvalue weighted by Crippen LogP contribution is 2.11. The van der Waals surface area contributed by atoms with E-state index in [9.17, 15) is 4.79 Å². The van der Waals surface area contributed by atoms with Crippen LogP contribution in [-0.2, 0) is 9.47 Å². The molecule has 4 heteroatoms. The standard InChI is InChI=1S/C15H22O4/c1-15(2,3)19-10-9-18-11-14(16)12-5-7-13(17-4)8-6-12/h5-8H,9-11H2,1-4H3.